The predicted octanol–water partition coefficient (Wildman–Crippen LogP) is 3.78. The number of anilines is 1. The summed E-state index contributed by atoms with van der Waals surface area (Å²) in [5.41, 5.74) is 0.861. The van der Waals surface area contributed by atoms with E-state index in [4.69, 9.17) is 4.74 Å². The zero-order chi connectivity index (χ0) is 16.7. The molecule has 0 bridgehead atoms. The van der Waals surface area contributed by atoms with Crippen molar-refractivity contribution in [3.8, 4) is 0 Å². The van der Waals surface area contributed by atoms with Crippen molar-refractivity contribution in [2.75, 3.05) is 11.9 Å². The molecule has 0 aliphatic carbocycles. The van der Waals surface area contributed by atoms with Crippen molar-refractivity contribution in [3.05, 3.63) is 70.5 Å². The lowest BCUT2D eigenvalue weighted by atomic mass is 10.2. The fourth-order valence-electron chi connectivity index (χ4n) is 1.68. The quantitative estimate of drug-likeness (QED) is 0.637. The second kappa shape index (κ2) is 8.24. The highest BCUT2D eigenvalue weighted by Crippen LogP contribution is 2.14. The Labute approximate surface area is 141 Å². The van der Waals surface area contributed by atoms with Crippen LogP contribution in [-0.2, 0) is 14.3 Å². The van der Waals surface area contributed by atoms with E-state index < -0.39 is 24.3 Å². The smallest absolute Gasteiger partial charge is 0.331 e. The Morgan fingerprint density at radius 3 is 2.52 bits per heavy atom. The molecule has 0 heterocycles. The molecule has 0 aliphatic rings. The monoisotopic (exact) mass is 377 g/mol. The van der Waals surface area contributed by atoms with Gasteiger partial charge in [0.1, 0.15) is 5.82 Å². The minimum Gasteiger partial charge on any atom is -0.452 e. The minimum atomic E-state index is -0.723. The van der Waals surface area contributed by atoms with Crippen molar-refractivity contribution in [1.82, 2.24) is 0 Å². The first-order valence-corrected chi connectivity index (χ1v) is 7.48. The van der Waals surface area contributed by atoms with Crippen LogP contribution in [-0.4, -0.2) is 18.5 Å². The van der Waals surface area contributed by atoms with Gasteiger partial charge >= 0.3 is 5.97 Å². The zero-order valence-corrected chi connectivity index (χ0v) is 13.5. The third-order valence-corrected chi connectivity index (χ3v) is 3.31. The highest BCUT2D eigenvalue weighted by Gasteiger charge is 2.06. The largest absolute Gasteiger partial charge is 0.452 e. The van der Waals surface area contributed by atoms with E-state index in [1.54, 1.807) is 36.4 Å². The maximum atomic E-state index is 13.4. The van der Waals surface area contributed by atoms with Gasteiger partial charge in [-0.05, 0) is 36.4 Å². The van der Waals surface area contributed by atoms with Crippen LogP contribution in [0.25, 0.3) is 6.08 Å². The molecule has 0 unspecified atom stereocenters. The first kappa shape index (κ1) is 16.9. The molecule has 1 N–H and O–H groups in total. The summed E-state index contributed by atoms with van der Waals surface area (Å²) in [6.07, 6.45) is 2.37. The van der Waals surface area contributed by atoms with Gasteiger partial charge in [0.15, 0.2) is 6.61 Å². The lowest BCUT2D eigenvalue weighted by molar-refractivity contribution is -0.142. The SMILES string of the molecule is O=C(COC(=O)C=Cc1ccccc1F)Nc1ccc(Br)cc1. The molecule has 0 radical (unpaired) electrons. The summed E-state index contributed by atoms with van der Waals surface area (Å²) in [7, 11) is 0. The van der Waals surface area contributed by atoms with Crippen molar-refractivity contribution in [1.29, 1.82) is 0 Å². The number of halogens is 2. The second-order valence-electron chi connectivity index (χ2n) is 4.52. The fraction of sp³-hybridized carbons (Fsp3) is 0.0588. The van der Waals surface area contributed by atoms with Gasteiger partial charge in [-0.3, -0.25) is 4.79 Å². The van der Waals surface area contributed by atoms with Crippen molar-refractivity contribution in [2.45, 2.75) is 0 Å². The molecule has 2 rings (SSSR count). The molecule has 2 aromatic carbocycles. The molecule has 0 spiro atoms. The molecule has 2 aromatic rings. The third kappa shape index (κ3) is 5.67. The van der Waals surface area contributed by atoms with Gasteiger partial charge in [-0.25, -0.2) is 9.18 Å². The molecule has 4 nitrogen and oxygen atoms in total. The first-order chi connectivity index (χ1) is 11.0. The molecule has 0 saturated carbocycles. The average Bonchev–Trinajstić information content (AvgIpc) is 2.54. The number of rotatable bonds is 5. The molecule has 0 atom stereocenters. The number of hydrogen-bond donors (Lipinski definition) is 1. The van der Waals surface area contributed by atoms with E-state index in [0.29, 0.717) is 5.69 Å². The maximum absolute atomic E-state index is 13.4. The average molecular weight is 378 g/mol. The van der Waals surface area contributed by atoms with E-state index in [1.165, 1.54) is 18.2 Å². The van der Waals surface area contributed by atoms with E-state index in [0.717, 1.165) is 10.5 Å². The van der Waals surface area contributed by atoms with Crippen LogP contribution in [0.15, 0.2) is 59.1 Å². The van der Waals surface area contributed by atoms with Gasteiger partial charge < -0.3 is 10.1 Å². The van der Waals surface area contributed by atoms with Crippen molar-refractivity contribution >= 4 is 39.6 Å². The molecule has 1 amide bonds. The standard InChI is InChI=1S/C17H13BrFNO3/c18-13-6-8-14(9-7-13)20-16(21)11-23-17(22)10-5-12-3-1-2-4-15(12)19/h1-10H,11H2,(H,20,21). The van der Waals surface area contributed by atoms with E-state index in [2.05, 4.69) is 21.2 Å². The summed E-state index contributed by atoms with van der Waals surface area (Å²) in [6.45, 7) is -0.420. The number of hydrogen-bond acceptors (Lipinski definition) is 3. The summed E-state index contributed by atoms with van der Waals surface area (Å²) in [6, 6.07) is 13.0. The van der Waals surface area contributed by atoms with Crippen LogP contribution >= 0.6 is 15.9 Å². The number of benzene rings is 2. The molecule has 0 aliphatic heterocycles. The molecule has 118 valence electrons. The van der Waals surface area contributed by atoms with Crippen LogP contribution in [0.4, 0.5) is 10.1 Å². The molecular formula is C17H13BrFNO3. The van der Waals surface area contributed by atoms with E-state index in [9.17, 15) is 14.0 Å². The van der Waals surface area contributed by atoms with Crippen LogP contribution in [0.3, 0.4) is 0 Å². The van der Waals surface area contributed by atoms with Gasteiger partial charge in [0.25, 0.3) is 5.91 Å². The summed E-state index contributed by atoms with van der Waals surface area (Å²) >= 11 is 3.29. The zero-order valence-electron chi connectivity index (χ0n) is 12.0. The Morgan fingerprint density at radius 2 is 1.83 bits per heavy atom. The van der Waals surface area contributed by atoms with Gasteiger partial charge in [-0.2, -0.15) is 0 Å². The summed E-state index contributed by atoms with van der Waals surface area (Å²) in [5.74, 6) is -1.62. The van der Waals surface area contributed by atoms with Gasteiger partial charge in [-0.15, -0.1) is 0 Å². The van der Waals surface area contributed by atoms with Crippen LogP contribution in [0.5, 0.6) is 0 Å². The number of carbonyl (C=O) groups excluding carboxylic acids is 2. The van der Waals surface area contributed by atoms with Crippen LogP contribution < -0.4 is 5.32 Å². The number of esters is 1. The highest BCUT2D eigenvalue weighted by atomic mass is 79.9. The number of carbonyl (C=O) groups is 2. The highest BCUT2D eigenvalue weighted by molar-refractivity contribution is 9.10. The third-order valence-electron chi connectivity index (χ3n) is 2.78. The summed E-state index contributed by atoms with van der Waals surface area (Å²) < 4.78 is 19.0. The van der Waals surface area contributed by atoms with E-state index >= 15 is 0 Å². The lowest BCUT2D eigenvalue weighted by Gasteiger charge is -2.05. The lowest BCUT2D eigenvalue weighted by Crippen LogP contribution is -2.20. The second-order valence-corrected chi connectivity index (χ2v) is 5.43. The van der Waals surface area contributed by atoms with Gasteiger partial charge in [0.05, 0.1) is 0 Å². The fourth-order valence-corrected chi connectivity index (χ4v) is 1.95. The number of nitrogens with one attached hydrogen (secondary N) is 1. The van der Waals surface area contributed by atoms with Gasteiger partial charge in [0.2, 0.25) is 0 Å². The molecule has 23 heavy (non-hydrogen) atoms. The van der Waals surface area contributed by atoms with Crippen LogP contribution in [0.2, 0.25) is 0 Å². The van der Waals surface area contributed by atoms with E-state index in [-0.39, 0.29) is 5.56 Å². The first-order valence-electron chi connectivity index (χ1n) is 6.69. The Hall–Kier alpha value is -2.47. The molecule has 6 heteroatoms. The van der Waals surface area contributed by atoms with Crippen molar-refractivity contribution in [3.63, 3.8) is 0 Å². The number of ether oxygens (including phenoxy) is 1. The normalized spacial score (nSPS) is 10.5. The number of amides is 1. The van der Waals surface area contributed by atoms with Crippen LogP contribution in [0, 0.1) is 5.82 Å². The Balaban J connectivity index is 1.81. The molecule has 0 saturated heterocycles. The molecule has 0 fully saturated rings. The molecular weight excluding hydrogens is 365 g/mol. The Kier molecular flexibility index (Phi) is 6.05. The Bertz CT molecular complexity index is 729. The minimum absolute atomic E-state index is 0.267. The van der Waals surface area contributed by atoms with E-state index in [1.807, 2.05) is 0 Å². The van der Waals surface area contributed by atoms with Gasteiger partial charge in [0, 0.05) is 21.8 Å². The summed E-state index contributed by atoms with van der Waals surface area (Å²) in [4.78, 5) is 23.2. The van der Waals surface area contributed by atoms with Crippen molar-refractivity contribution in [2.24, 2.45) is 0 Å². The predicted molar refractivity (Wildman–Crippen MR) is 89.2 cm³/mol. The van der Waals surface area contributed by atoms with Crippen LogP contribution in [0.1, 0.15) is 5.56 Å². The molecule has 0 aromatic heterocycles. The summed E-state index contributed by atoms with van der Waals surface area (Å²) in [5, 5.41) is 2.59. The van der Waals surface area contributed by atoms with Gasteiger partial charge in [-0.1, -0.05) is 34.1 Å². The topological polar surface area (TPSA) is 55.4 Å². The van der Waals surface area contributed by atoms with Crippen molar-refractivity contribution < 1.29 is 18.7 Å². The maximum Gasteiger partial charge on any atom is 0.331 e. The Morgan fingerprint density at radius 1 is 1.13 bits per heavy atom.